The number of tetrazole rings is 1. The van der Waals surface area contributed by atoms with Gasteiger partial charge in [0, 0.05) is 0 Å². The summed E-state index contributed by atoms with van der Waals surface area (Å²) in [5.41, 5.74) is 1.99. The molecule has 2 aromatic heterocycles. The van der Waals surface area contributed by atoms with Gasteiger partial charge in [0.2, 0.25) is 5.16 Å². The first kappa shape index (κ1) is 15.2. The zero-order valence-corrected chi connectivity index (χ0v) is 14.0. The molecular weight excluding hydrogens is 340 g/mol. The van der Waals surface area contributed by atoms with Crippen molar-refractivity contribution in [1.29, 1.82) is 0 Å². The largest absolute Gasteiger partial charge is 0.292 e. The van der Waals surface area contributed by atoms with Crippen LogP contribution in [0, 0.1) is 6.92 Å². The van der Waals surface area contributed by atoms with Crippen LogP contribution in [0.1, 0.15) is 15.2 Å². The van der Waals surface area contributed by atoms with Crippen molar-refractivity contribution in [1.82, 2.24) is 20.2 Å². The molecule has 0 N–H and O–H groups in total. The number of rotatable bonds is 5. The molecule has 8 heteroatoms. The minimum Gasteiger partial charge on any atom is -0.292 e. The molecule has 0 aliphatic rings. The number of aromatic nitrogens is 4. The number of thioether (sulfide) groups is 1. The van der Waals surface area contributed by atoms with Gasteiger partial charge in [0.15, 0.2) is 5.78 Å². The number of nitrogens with zero attached hydrogens (tertiary/aromatic N) is 4. The predicted molar refractivity (Wildman–Crippen MR) is 88.3 cm³/mol. The lowest BCUT2D eigenvalue weighted by molar-refractivity contribution is 0.102. The molecule has 3 aromatic rings. The van der Waals surface area contributed by atoms with Gasteiger partial charge in [-0.1, -0.05) is 35.5 Å². The van der Waals surface area contributed by atoms with Crippen LogP contribution in [-0.4, -0.2) is 31.7 Å². The average molecular weight is 351 g/mol. The minimum absolute atomic E-state index is 0.0145. The van der Waals surface area contributed by atoms with E-state index in [0.717, 1.165) is 11.3 Å². The standard InChI is InChI=1S/C14H11ClN4OS2/c1-9-3-2-4-10(7-9)19-14(16-17-18-19)21-8-11(20)12-5-6-13(15)22-12/h2-7H,8H2,1H3. The predicted octanol–water partition coefficient (Wildman–Crippen LogP) is 3.66. The van der Waals surface area contributed by atoms with Crippen molar-refractivity contribution in [2.24, 2.45) is 0 Å². The van der Waals surface area contributed by atoms with Crippen molar-refractivity contribution in [3.63, 3.8) is 0 Å². The molecule has 0 unspecified atom stereocenters. The summed E-state index contributed by atoms with van der Waals surface area (Å²) in [7, 11) is 0. The fraction of sp³-hybridized carbons (Fsp3) is 0.143. The third-order valence-corrected chi connectivity index (χ3v) is 5.06. The zero-order chi connectivity index (χ0) is 15.5. The van der Waals surface area contributed by atoms with Crippen LogP contribution in [0.5, 0.6) is 0 Å². The van der Waals surface area contributed by atoms with Crippen LogP contribution in [-0.2, 0) is 0 Å². The van der Waals surface area contributed by atoms with Crippen LogP contribution in [0.4, 0.5) is 0 Å². The number of thiophene rings is 1. The fourth-order valence-electron chi connectivity index (χ4n) is 1.86. The van der Waals surface area contributed by atoms with Gasteiger partial charge in [-0.25, -0.2) is 0 Å². The molecule has 0 bridgehead atoms. The van der Waals surface area contributed by atoms with Gasteiger partial charge in [-0.2, -0.15) is 4.68 Å². The Balaban J connectivity index is 1.74. The van der Waals surface area contributed by atoms with Gasteiger partial charge in [-0.3, -0.25) is 4.79 Å². The van der Waals surface area contributed by atoms with Gasteiger partial charge in [0.05, 0.1) is 20.7 Å². The van der Waals surface area contributed by atoms with Crippen molar-refractivity contribution >= 4 is 40.5 Å². The number of benzene rings is 1. The molecule has 0 amide bonds. The van der Waals surface area contributed by atoms with E-state index in [2.05, 4.69) is 15.5 Å². The second kappa shape index (κ2) is 6.60. The number of halogens is 1. The molecule has 0 saturated carbocycles. The van der Waals surface area contributed by atoms with E-state index in [9.17, 15) is 4.79 Å². The molecule has 3 rings (SSSR count). The topological polar surface area (TPSA) is 60.7 Å². The lowest BCUT2D eigenvalue weighted by Crippen LogP contribution is -2.03. The van der Waals surface area contributed by atoms with Gasteiger partial charge in [-0.05, 0) is 47.2 Å². The van der Waals surface area contributed by atoms with E-state index in [-0.39, 0.29) is 11.5 Å². The number of hydrogen-bond acceptors (Lipinski definition) is 6. The molecule has 0 aliphatic carbocycles. The van der Waals surface area contributed by atoms with Crippen LogP contribution in [0.25, 0.3) is 5.69 Å². The third kappa shape index (κ3) is 3.37. The first-order valence-electron chi connectivity index (χ1n) is 6.40. The summed E-state index contributed by atoms with van der Waals surface area (Å²) in [6.07, 6.45) is 0. The second-order valence-corrected chi connectivity index (χ2v) is 7.19. The smallest absolute Gasteiger partial charge is 0.214 e. The number of Topliss-reactive ketones (excluding diaryl/α,β-unsaturated/α-hetero) is 1. The summed E-state index contributed by atoms with van der Waals surface area (Å²) in [5.74, 6) is 0.281. The molecule has 2 heterocycles. The Morgan fingerprint density at radius 2 is 2.23 bits per heavy atom. The van der Waals surface area contributed by atoms with Crippen molar-refractivity contribution in [3.05, 3.63) is 51.2 Å². The van der Waals surface area contributed by atoms with E-state index in [4.69, 9.17) is 11.6 Å². The minimum atomic E-state index is 0.0145. The Morgan fingerprint density at radius 3 is 2.95 bits per heavy atom. The van der Waals surface area contributed by atoms with Crippen LogP contribution >= 0.6 is 34.7 Å². The highest BCUT2D eigenvalue weighted by Crippen LogP contribution is 2.25. The highest BCUT2D eigenvalue weighted by molar-refractivity contribution is 7.99. The van der Waals surface area contributed by atoms with Gasteiger partial charge >= 0.3 is 0 Å². The molecule has 0 saturated heterocycles. The Bertz CT molecular complexity index is 815. The normalized spacial score (nSPS) is 10.8. The molecule has 0 atom stereocenters. The van der Waals surface area contributed by atoms with Crippen molar-refractivity contribution in [2.75, 3.05) is 5.75 Å². The molecule has 0 radical (unpaired) electrons. The summed E-state index contributed by atoms with van der Waals surface area (Å²) in [5, 5.41) is 12.3. The van der Waals surface area contributed by atoms with Crippen LogP contribution in [0.2, 0.25) is 4.34 Å². The molecule has 0 fully saturated rings. The van der Waals surface area contributed by atoms with Gasteiger partial charge in [0.25, 0.3) is 0 Å². The number of carbonyl (C=O) groups is 1. The van der Waals surface area contributed by atoms with E-state index in [1.165, 1.54) is 23.1 Å². The number of hydrogen-bond donors (Lipinski definition) is 0. The second-order valence-electron chi connectivity index (χ2n) is 4.53. The first-order valence-corrected chi connectivity index (χ1v) is 8.58. The summed E-state index contributed by atoms with van der Waals surface area (Å²) < 4.78 is 2.24. The first-order chi connectivity index (χ1) is 10.6. The summed E-state index contributed by atoms with van der Waals surface area (Å²) in [6, 6.07) is 11.3. The van der Waals surface area contributed by atoms with Gasteiger partial charge < -0.3 is 0 Å². The van der Waals surface area contributed by atoms with Crippen LogP contribution in [0.15, 0.2) is 41.6 Å². The van der Waals surface area contributed by atoms with Gasteiger partial charge in [-0.15, -0.1) is 16.4 Å². The van der Waals surface area contributed by atoms with E-state index >= 15 is 0 Å². The molecule has 112 valence electrons. The molecule has 0 spiro atoms. The molecule has 22 heavy (non-hydrogen) atoms. The summed E-state index contributed by atoms with van der Waals surface area (Å²) in [4.78, 5) is 12.8. The van der Waals surface area contributed by atoms with Crippen molar-refractivity contribution in [2.45, 2.75) is 12.1 Å². The maximum atomic E-state index is 12.1. The zero-order valence-electron chi connectivity index (χ0n) is 11.6. The average Bonchev–Trinajstić information content (AvgIpc) is 3.13. The highest BCUT2D eigenvalue weighted by Gasteiger charge is 2.14. The quantitative estimate of drug-likeness (QED) is 0.519. The lowest BCUT2D eigenvalue weighted by Gasteiger charge is -2.04. The van der Waals surface area contributed by atoms with Crippen molar-refractivity contribution < 1.29 is 4.79 Å². The summed E-state index contributed by atoms with van der Waals surface area (Å²) in [6.45, 7) is 2.00. The maximum absolute atomic E-state index is 12.1. The monoisotopic (exact) mass is 350 g/mol. The SMILES string of the molecule is Cc1cccc(-n2nnnc2SCC(=O)c2ccc(Cl)s2)c1. The number of carbonyl (C=O) groups excluding carboxylic acids is 1. The van der Waals surface area contributed by atoms with E-state index in [1.54, 1.807) is 16.8 Å². The third-order valence-electron chi connectivity index (χ3n) is 2.87. The Morgan fingerprint density at radius 1 is 1.36 bits per heavy atom. The molecule has 5 nitrogen and oxygen atoms in total. The molecular formula is C14H11ClN4OS2. The van der Waals surface area contributed by atoms with E-state index < -0.39 is 0 Å². The fourth-order valence-corrected chi connectivity index (χ4v) is 3.70. The number of aryl methyl sites for hydroxylation is 1. The van der Waals surface area contributed by atoms with Gasteiger partial charge in [0.1, 0.15) is 0 Å². The number of ketones is 1. The molecule has 1 aromatic carbocycles. The Labute approximate surface area is 140 Å². The lowest BCUT2D eigenvalue weighted by atomic mass is 10.2. The van der Waals surface area contributed by atoms with Crippen LogP contribution < -0.4 is 0 Å². The van der Waals surface area contributed by atoms with Crippen LogP contribution in [0.3, 0.4) is 0 Å². The Hall–Kier alpha value is -1.70. The highest BCUT2D eigenvalue weighted by atomic mass is 35.5. The summed E-state index contributed by atoms with van der Waals surface area (Å²) >= 11 is 8.43. The maximum Gasteiger partial charge on any atom is 0.214 e. The van der Waals surface area contributed by atoms with E-state index in [1.807, 2.05) is 31.2 Å². The van der Waals surface area contributed by atoms with Crippen molar-refractivity contribution in [3.8, 4) is 5.69 Å². The van der Waals surface area contributed by atoms with E-state index in [0.29, 0.717) is 14.4 Å². The molecule has 0 aliphatic heterocycles. The Kier molecular flexibility index (Phi) is 4.56.